The van der Waals surface area contributed by atoms with Crippen LogP contribution in [0.2, 0.25) is 0 Å². The van der Waals surface area contributed by atoms with Gasteiger partial charge >= 0.3 is 5.97 Å². The van der Waals surface area contributed by atoms with Crippen molar-refractivity contribution in [1.82, 2.24) is 4.98 Å². The molecule has 1 unspecified atom stereocenters. The number of rotatable bonds is 3. The first kappa shape index (κ1) is 12.9. The van der Waals surface area contributed by atoms with Gasteiger partial charge in [-0.1, -0.05) is 25.1 Å². The lowest BCUT2D eigenvalue weighted by atomic mass is 9.84. The molecule has 0 aliphatic carbocycles. The highest BCUT2D eigenvalue weighted by Crippen LogP contribution is 2.36. The summed E-state index contributed by atoms with van der Waals surface area (Å²) in [7, 11) is 0. The SMILES string of the molecule is CCC1(C(=O)O)CCN(c2ccc3ccccc3n2)C1. The van der Waals surface area contributed by atoms with Crippen LogP contribution in [0.1, 0.15) is 19.8 Å². The van der Waals surface area contributed by atoms with Crippen LogP contribution in [0.4, 0.5) is 5.82 Å². The Kier molecular flexibility index (Phi) is 3.08. The highest BCUT2D eigenvalue weighted by atomic mass is 16.4. The zero-order valence-corrected chi connectivity index (χ0v) is 11.5. The van der Waals surface area contributed by atoms with E-state index in [2.05, 4.69) is 9.88 Å². The molecule has 2 aromatic rings. The van der Waals surface area contributed by atoms with E-state index in [-0.39, 0.29) is 0 Å². The Bertz CT molecular complexity index is 656. The minimum Gasteiger partial charge on any atom is -0.481 e. The predicted molar refractivity (Wildman–Crippen MR) is 78.9 cm³/mol. The molecule has 1 aliphatic rings. The molecule has 1 saturated heterocycles. The van der Waals surface area contributed by atoms with Gasteiger partial charge in [0.2, 0.25) is 0 Å². The van der Waals surface area contributed by atoms with Gasteiger partial charge in [0, 0.05) is 18.5 Å². The molecule has 0 radical (unpaired) electrons. The normalized spacial score (nSPS) is 22.4. The van der Waals surface area contributed by atoms with E-state index in [0.29, 0.717) is 19.4 Å². The Hall–Kier alpha value is -2.10. The number of anilines is 1. The molecule has 2 heterocycles. The lowest BCUT2D eigenvalue weighted by molar-refractivity contribution is -0.147. The maximum absolute atomic E-state index is 11.5. The van der Waals surface area contributed by atoms with Gasteiger partial charge in [-0.25, -0.2) is 4.98 Å². The second-order valence-corrected chi connectivity index (χ2v) is 5.47. The summed E-state index contributed by atoms with van der Waals surface area (Å²) in [5, 5.41) is 10.6. The van der Waals surface area contributed by atoms with E-state index < -0.39 is 11.4 Å². The Morgan fingerprint density at radius 3 is 2.85 bits per heavy atom. The number of hydrogen-bond donors (Lipinski definition) is 1. The van der Waals surface area contributed by atoms with Gasteiger partial charge in [-0.3, -0.25) is 4.79 Å². The monoisotopic (exact) mass is 270 g/mol. The van der Waals surface area contributed by atoms with Crippen LogP contribution in [0.15, 0.2) is 36.4 Å². The van der Waals surface area contributed by atoms with Crippen LogP contribution in [0.25, 0.3) is 10.9 Å². The average Bonchev–Trinajstić information content (AvgIpc) is 2.92. The zero-order chi connectivity index (χ0) is 14.2. The summed E-state index contributed by atoms with van der Waals surface area (Å²) in [6.45, 7) is 3.25. The molecule has 1 aromatic carbocycles. The molecule has 1 atom stereocenters. The van der Waals surface area contributed by atoms with Gasteiger partial charge in [-0.05, 0) is 31.0 Å². The van der Waals surface area contributed by atoms with Crippen molar-refractivity contribution >= 4 is 22.7 Å². The summed E-state index contributed by atoms with van der Waals surface area (Å²) in [6, 6.07) is 12.0. The molecule has 0 bridgehead atoms. The zero-order valence-electron chi connectivity index (χ0n) is 11.5. The number of aliphatic carboxylic acids is 1. The first-order valence-electron chi connectivity index (χ1n) is 6.99. The van der Waals surface area contributed by atoms with Crippen molar-refractivity contribution in [3.63, 3.8) is 0 Å². The Morgan fingerprint density at radius 1 is 1.35 bits per heavy atom. The molecule has 1 aromatic heterocycles. The maximum Gasteiger partial charge on any atom is 0.311 e. The number of pyridine rings is 1. The van der Waals surface area contributed by atoms with Crippen molar-refractivity contribution in [2.75, 3.05) is 18.0 Å². The number of carboxylic acids is 1. The van der Waals surface area contributed by atoms with Gasteiger partial charge in [0.15, 0.2) is 0 Å². The fraction of sp³-hybridized carbons (Fsp3) is 0.375. The highest BCUT2D eigenvalue weighted by Gasteiger charge is 2.43. The second-order valence-electron chi connectivity index (χ2n) is 5.47. The van der Waals surface area contributed by atoms with Crippen LogP contribution in [-0.2, 0) is 4.79 Å². The summed E-state index contributed by atoms with van der Waals surface area (Å²) in [5.41, 5.74) is 0.335. The molecular formula is C16H18N2O2. The third-order valence-corrected chi connectivity index (χ3v) is 4.39. The molecule has 4 nitrogen and oxygen atoms in total. The van der Waals surface area contributed by atoms with E-state index in [1.807, 2.05) is 43.3 Å². The standard InChI is InChI=1S/C16H18N2O2/c1-2-16(15(19)20)9-10-18(11-16)14-8-7-12-5-3-4-6-13(12)17-14/h3-8H,2,9-11H2,1H3,(H,19,20). The van der Waals surface area contributed by atoms with E-state index in [4.69, 9.17) is 0 Å². The molecule has 1 N–H and O–H groups in total. The van der Waals surface area contributed by atoms with Crippen molar-refractivity contribution in [1.29, 1.82) is 0 Å². The van der Waals surface area contributed by atoms with Gasteiger partial charge in [-0.2, -0.15) is 0 Å². The average molecular weight is 270 g/mol. The number of benzene rings is 1. The quantitative estimate of drug-likeness (QED) is 0.931. The number of carbonyl (C=O) groups is 1. The minimum absolute atomic E-state index is 0.546. The number of hydrogen-bond acceptors (Lipinski definition) is 3. The van der Waals surface area contributed by atoms with Crippen LogP contribution in [0.5, 0.6) is 0 Å². The Balaban J connectivity index is 1.91. The van der Waals surface area contributed by atoms with E-state index in [1.54, 1.807) is 0 Å². The molecule has 0 amide bonds. The van der Waals surface area contributed by atoms with Crippen LogP contribution in [0, 0.1) is 5.41 Å². The molecule has 104 valence electrons. The van der Waals surface area contributed by atoms with Crippen LogP contribution < -0.4 is 4.90 Å². The van der Waals surface area contributed by atoms with Crippen molar-refractivity contribution in [3.8, 4) is 0 Å². The summed E-state index contributed by atoms with van der Waals surface area (Å²) in [4.78, 5) is 18.2. The van der Waals surface area contributed by atoms with E-state index in [9.17, 15) is 9.90 Å². The second kappa shape index (κ2) is 4.78. The molecule has 1 aliphatic heterocycles. The van der Waals surface area contributed by atoms with Gasteiger partial charge in [0.1, 0.15) is 5.82 Å². The number of para-hydroxylation sites is 1. The number of carboxylic acid groups (broad SMARTS) is 1. The van der Waals surface area contributed by atoms with Crippen molar-refractivity contribution in [2.24, 2.45) is 5.41 Å². The van der Waals surface area contributed by atoms with Crippen LogP contribution in [-0.4, -0.2) is 29.1 Å². The number of fused-ring (bicyclic) bond motifs is 1. The predicted octanol–water partition coefficient (Wildman–Crippen LogP) is 2.93. The fourth-order valence-electron chi connectivity index (χ4n) is 2.91. The van der Waals surface area contributed by atoms with Crippen LogP contribution >= 0.6 is 0 Å². The van der Waals surface area contributed by atoms with E-state index >= 15 is 0 Å². The number of nitrogens with zero attached hydrogens (tertiary/aromatic N) is 2. The lowest BCUT2D eigenvalue weighted by Crippen LogP contribution is -2.34. The molecule has 0 saturated carbocycles. The maximum atomic E-state index is 11.5. The third kappa shape index (κ3) is 2.01. The molecule has 3 rings (SSSR count). The minimum atomic E-state index is -0.691. The largest absolute Gasteiger partial charge is 0.481 e. The third-order valence-electron chi connectivity index (χ3n) is 4.39. The highest BCUT2D eigenvalue weighted by molar-refractivity contribution is 5.81. The van der Waals surface area contributed by atoms with Crippen LogP contribution in [0.3, 0.4) is 0 Å². The molecule has 20 heavy (non-hydrogen) atoms. The molecule has 1 fully saturated rings. The topological polar surface area (TPSA) is 53.4 Å². The first-order valence-corrected chi connectivity index (χ1v) is 6.99. The lowest BCUT2D eigenvalue weighted by Gasteiger charge is -2.23. The number of aromatic nitrogens is 1. The fourth-order valence-corrected chi connectivity index (χ4v) is 2.91. The van der Waals surface area contributed by atoms with Gasteiger partial charge in [-0.15, -0.1) is 0 Å². The molecule has 0 spiro atoms. The summed E-state index contributed by atoms with van der Waals surface area (Å²) in [6.07, 6.45) is 1.35. The molecule has 4 heteroatoms. The summed E-state index contributed by atoms with van der Waals surface area (Å²) < 4.78 is 0. The molecular weight excluding hydrogens is 252 g/mol. The van der Waals surface area contributed by atoms with E-state index in [0.717, 1.165) is 23.3 Å². The van der Waals surface area contributed by atoms with Crippen molar-refractivity contribution in [2.45, 2.75) is 19.8 Å². The first-order chi connectivity index (χ1) is 9.64. The summed E-state index contributed by atoms with van der Waals surface area (Å²) >= 11 is 0. The Morgan fingerprint density at radius 2 is 2.15 bits per heavy atom. The Labute approximate surface area is 118 Å². The van der Waals surface area contributed by atoms with Gasteiger partial charge in [0.25, 0.3) is 0 Å². The summed E-state index contributed by atoms with van der Waals surface area (Å²) in [5.74, 6) is 0.184. The van der Waals surface area contributed by atoms with Crippen molar-refractivity contribution in [3.05, 3.63) is 36.4 Å². The van der Waals surface area contributed by atoms with Crippen molar-refractivity contribution < 1.29 is 9.90 Å². The smallest absolute Gasteiger partial charge is 0.311 e. The van der Waals surface area contributed by atoms with E-state index in [1.165, 1.54) is 0 Å². The van der Waals surface area contributed by atoms with Gasteiger partial charge < -0.3 is 10.0 Å². The van der Waals surface area contributed by atoms with Gasteiger partial charge in [0.05, 0.1) is 10.9 Å².